The first kappa shape index (κ1) is 15.2. The van der Waals surface area contributed by atoms with E-state index in [-0.39, 0.29) is 5.82 Å². The molecular formula is C17H18FNO2. The highest BCUT2D eigenvalue weighted by molar-refractivity contribution is 5.75. The lowest BCUT2D eigenvalue weighted by Gasteiger charge is -2.09. The summed E-state index contributed by atoms with van der Waals surface area (Å²) >= 11 is 0. The summed E-state index contributed by atoms with van der Waals surface area (Å²) in [7, 11) is 0. The van der Waals surface area contributed by atoms with E-state index in [4.69, 9.17) is 5.11 Å². The molecule has 2 N–H and O–H groups in total. The second-order valence-electron chi connectivity index (χ2n) is 5.00. The van der Waals surface area contributed by atoms with E-state index in [2.05, 4.69) is 5.32 Å². The summed E-state index contributed by atoms with van der Waals surface area (Å²) in [4.78, 5) is 10.9. The van der Waals surface area contributed by atoms with Crippen molar-refractivity contribution in [2.24, 2.45) is 0 Å². The van der Waals surface area contributed by atoms with E-state index in [0.717, 1.165) is 11.1 Å². The molecule has 0 fully saturated rings. The zero-order valence-electron chi connectivity index (χ0n) is 11.8. The second-order valence-corrected chi connectivity index (χ2v) is 5.00. The van der Waals surface area contributed by atoms with Crippen molar-refractivity contribution in [2.45, 2.75) is 25.9 Å². The van der Waals surface area contributed by atoms with Crippen molar-refractivity contribution in [1.29, 1.82) is 0 Å². The van der Waals surface area contributed by atoms with Crippen LogP contribution in [0, 0.1) is 5.82 Å². The summed E-state index contributed by atoms with van der Waals surface area (Å²) in [6.45, 7) is 2.73. The molecule has 0 aliphatic carbocycles. The number of carbonyl (C=O) groups is 1. The van der Waals surface area contributed by atoms with Gasteiger partial charge in [-0.1, -0.05) is 42.5 Å². The first-order valence-corrected chi connectivity index (χ1v) is 6.83. The molecule has 0 amide bonds. The van der Waals surface area contributed by atoms with E-state index >= 15 is 0 Å². The predicted molar refractivity (Wildman–Crippen MR) is 79.4 cm³/mol. The Kier molecular flexibility index (Phi) is 5.06. The van der Waals surface area contributed by atoms with E-state index in [0.29, 0.717) is 18.7 Å². The Morgan fingerprint density at radius 3 is 2.43 bits per heavy atom. The molecule has 4 heteroatoms. The van der Waals surface area contributed by atoms with E-state index in [9.17, 15) is 9.18 Å². The molecule has 3 nitrogen and oxygen atoms in total. The summed E-state index contributed by atoms with van der Waals surface area (Å²) in [5, 5.41) is 12.1. The summed E-state index contributed by atoms with van der Waals surface area (Å²) in [5.41, 5.74) is 2.45. The first-order valence-electron chi connectivity index (χ1n) is 6.83. The number of halogens is 1. The lowest BCUT2D eigenvalue weighted by Crippen LogP contribution is -2.14. The van der Waals surface area contributed by atoms with E-state index in [1.807, 2.05) is 30.3 Å². The van der Waals surface area contributed by atoms with Gasteiger partial charge in [-0.3, -0.25) is 4.79 Å². The number of hydrogen-bond donors (Lipinski definition) is 2. The Morgan fingerprint density at radius 1 is 1.14 bits per heavy atom. The molecule has 0 aliphatic heterocycles. The largest absolute Gasteiger partial charge is 0.481 e. The highest BCUT2D eigenvalue weighted by Gasteiger charge is 2.12. The smallest absolute Gasteiger partial charge is 0.310 e. The number of nitrogens with one attached hydrogen (secondary N) is 1. The summed E-state index contributed by atoms with van der Waals surface area (Å²) in [6, 6.07) is 14.1. The van der Waals surface area contributed by atoms with Gasteiger partial charge < -0.3 is 10.4 Å². The SMILES string of the molecule is CC(C(=O)O)c1ccc(CNCc2ccccc2F)cc1. The molecule has 21 heavy (non-hydrogen) atoms. The number of hydrogen-bond acceptors (Lipinski definition) is 2. The summed E-state index contributed by atoms with van der Waals surface area (Å²) in [5.74, 6) is -1.55. The quantitative estimate of drug-likeness (QED) is 0.857. The van der Waals surface area contributed by atoms with Crippen LogP contribution in [0.4, 0.5) is 4.39 Å². The molecule has 0 aliphatic rings. The molecule has 110 valence electrons. The molecule has 0 aromatic heterocycles. The Morgan fingerprint density at radius 2 is 1.81 bits per heavy atom. The van der Waals surface area contributed by atoms with Crippen LogP contribution in [0.15, 0.2) is 48.5 Å². The van der Waals surface area contributed by atoms with Gasteiger partial charge in [0.25, 0.3) is 0 Å². The summed E-state index contributed by atoms with van der Waals surface area (Å²) < 4.78 is 13.4. The van der Waals surface area contributed by atoms with E-state index < -0.39 is 11.9 Å². The van der Waals surface area contributed by atoms with Crippen LogP contribution in [0.3, 0.4) is 0 Å². The number of carboxylic acids is 1. The van der Waals surface area contributed by atoms with Crippen LogP contribution in [-0.2, 0) is 17.9 Å². The molecule has 0 heterocycles. The lowest BCUT2D eigenvalue weighted by atomic mass is 10.00. The predicted octanol–water partition coefficient (Wildman–Crippen LogP) is 3.30. The average molecular weight is 287 g/mol. The maximum absolute atomic E-state index is 13.4. The molecule has 2 aromatic carbocycles. The fourth-order valence-corrected chi connectivity index (χ4v) is 2.05. The van der Waals surface area contributed by atoms with Gasteiger partial charge in [0, 0.05) is 18.7 Å². The fraction of sp³-hybridized carbons (Fsp3) is 0.235. The number of benzene rings is 2. The van der Waals surface area contributed by atoms with Crippen molar-refractivity contribution < 1.29 is 14.3 Å². The maximum atomic E-state index is 13.4. The van der Waals surface area contributed by atoms with Crippen molar-refractivity contribution in [2.75, 3.05) is 0 Å². The van der Waals surface area contributed by atoms with Gasteiger partial charge in [0.05, 0.1) is 5.92 Å². The number of carboxylic acid groups (broad SMARTS) is 1. The van der Waals surface area contributed by atoms with Crippen LogP contribution in [0.5, 0.6) is 0 Å². The van der Waals surface area contributed by atoms with Gasteiger partial charge in [0.15, 0.2) is 0 Å². The molecule has 1 unspecified atom stereocenters. The van der Waals surface area contributed by atoms with Gasteiger partial charge in [-0.05, 0) is 24.1 Å². The highest BCUT2D eigenvalue weighted by Crippen LogP contribution is 2.16. The highest BCUT2D eigenvalue weighted by atomic mass is 19.1. The molecule has 2 aromatic rings. The Bertz CT molecular complexity index is 610. The second kappa shape index (κ2) is 6.99. The standard InChI is InChI=1S/C17H18FNO2/c1-12(17(20)21)14-8-6-13(7-9-14)10-19-11-15-4-2-3-5-16(15)18/h2-9,12,19H,10-11H2,1H3,(H,20,21). The first-order chi connectivity index (χ1) is 10.1. The minimum absolute atomic E-state index is 0.212. The van der Waals surface area contributed by atoms with Gasteiger partial charge >= 0.3 is 5.97 Å². The van der Waals surface area contributed by atoms with E-state index in [1.165, 1.54) is 6.07 Å². The third kappa shape index (κ3) is 4.13. The molecule has 0 spiro atoms. The monoisotopic (exact) mass is 287 g/mol. The maximum Gasteiger partial charge on any atom is 0.310 e. The third-order valence-corrected chi connectivity index (χ3v) is 3.45. The summed E-state index contributed by atoms with van der Waals surface area (Å²) in [6.07, 6.45) is 0. The zero-order valence-corrected chi connectivity index (χ0v) is 11.8. The van der Waals surface area contributed by atoms with Crippen LogP contribution in [0.25, 0.3) is 0 Å². The van der Waals surface area contributed by atoms with Crippen molar-refractivity contribution >= 4 is 5.97 Å². The van der Waals surface area contributed by atoms with Crippen LogP contribution < -0.4 is 5.32 Å². The van der Waals surface area contributed by atoms with Crippen molar-refractivity contribution in [1.82, 2.24) is 5.32 Å². The van der Waals surface area contributed by atoms with Crippen LogP contribution >= 0.6 is 0 Å². The molecule has 1 atom stereocenters. The third-order valence-electron chi connectivity index (χ3n) is 3.45. The minimum atomic E-state index is -0.833. The molecule has 0 radical (unpaired) electrons. The Hall–Kier alpha value is -2.20. The van der Waals surface area contributed by atoms with Gasteiger partial charge in [-0.2, -0.15) is 0 Å². The Balaban J connectivity index is 1.90. The van der Waals surface area contributed by atoms with Crippen molar-refractivity contribution in [3.8, 4) is 0 Å². The number of aliphatic carboxylic acids is 1. The van der Waals surface area contributed by atoms with Crippen molar-refractivity contribution in [3.63, 3.8) is 0 Å². The minimum Gasteiger partial charge on any atom is -0.481 e. The van der Waals surface area contributed by atoms with E-state index in [1.54, 1.807) is 19.1 Å². The zero-order chi connectivity index (χ0) is 15.2. The number of rotatable bonds is 6. The van der Waals surface area contributed by atoms with Crippen LogP contribution in [-0.4, -0.2) is 11.1 Å². The van der Waals surface area contributed by atoms with Crippen LogP contribution in [0.2, 0.25) is 0 Å². The Labute approximate surface area is 123 Å². The fourth-order valence-electron chi connectivity index (χ4n) is 2.05. The van der Waals surface area contributed by atoms with Crippen LogP contribution in [0.1, 0.15) is 29.5 Å². The average Bonchev–Trinajstić information content (AvgIpc) is 2.49. The molecule has 0 saturated carbocycles. The van der Waals surface area contributed by atoms with Gasteiger partial charge in [-0.25, -0.2) is 4.39 Å². The normalized spacial score (nSPS) is 12.1. The molecule has 2 rings (SSSR count). The van der Waals surface area contributed by atoms with Crippen molar-refractivity contribution in [3.05, 3.63) is 71.0 Å². The molecule has 0 saturated heterocycles. The van der Waals surface area contributed by atoms with Gasteiger partial charge in [0.1, 0.15) is 5.82 Å². The van der Waals surface area contributed by atoms with Gasteiger partial charge in [-0.15, -0.1) is 0 Å². The van der Waals surface area contributed by atoms with Gasteiger partial charge in [0.2, 0.25) is 0 Å². The topological polar surface area (TPSA) is 49.3 Å². The molecule has 0 bridgehead atoms. The molecular weight excluding hydrogens is 269 g/mol. The lowest BCUT2D eigenvalue weighted by molar-refractivity contribution is -0.138.